The lowest BCUT2D eigenvalue weighted by molar-refractivity contribution is 0.669. The second-order valence-corrected chi connectivity index (χ2v) is 5.89. The molecular formula is C20H17NO. The maximum Gasteiger partial charge on any atom is 0.145 e. The van der Waals surface area contributed by atoms with E-state index in [9.17, 15) is 0 Å². The zero-order valence-electron chi connectivity index (χ0n) is 13.0. The Morgan fingerprint density at radius 2 is 1.64 bits per heavy atom. The largest absolute Gasteiger partial charge is 0.455 e. The lowest BCUT2D eigenvalue weighted by Gasteiger charge is -2.08. The van der Waals surface area contributed by atoms with Crippen LogP contribution in [0.3, 0.4) is 0 Å². The summed E-state index contributed by atoms with van der Waals surface area (Å²) in [6.45, 7) is 6.31. The Hall–Kier alpha value is -2.61. The van der Waals surface area contributed by atoms with Crippen LogP contribution < -0.4 is 0 Å². The van der Waals surface area contributed by atoms with E-state index in [1.54, 1.807) is 0 Å². The first kappa shape index (κ1) is 13.1. The quantitative estimate of drug-likeness (QED) is 0.457. The van der Waals surface area contributed by atoms with E-state index >= 15 is 0 Å². The molecule has 0 aliphatic rings. The normalized spacial score (nSPS) is 11.4. The Kier molecular flexibility index (Phi) is 2.80. The van der Waals surface area contributed by atoms with Gasteiger partial charge in [-0.15, -0.1) is 0 Å². The van der Waals surface area contributed by atoms with Crippen molar-refractivity contribution in [1.29, 1.82) is 0 Å². The molecule has 0 atom stereocenters. The number of nitrogens with zero attached hydrogens (tertiary/aromatic N) is 1. The smallest absolute Gasteiger partial charge is 0.145 e. The third-order valence-corrected chi connectivity index (χ3v) is 4.38. The molecule has 0 saturated carbocycles. The van der Waals surface area contributed by atoms with Gasteiger partial charge in [0.05, 0.1) is 5.69 Å². The minimum absolute atomic E-state index is 0.924. The van der Waals surface area contributed by atoms with Gasteiger partial charge in [0.1, 0.15) is 11.2 Å². The highest BCUT2D eigenvalue weighted by molar-refractivity contribution is 6.09. The molecular weight excluding hydrogens is 270 g/mol. The molecule has 0 spiro atoms. The third kappa shape index (κ3) is 1.84. The van der Waals surface area contributed by atoms with E-state index < -0.39 is 0 Å². The molecule has 4 aromatic rings. The van der Waals surface area contributed by atoms with Crippen molar-refractivity contribution < 1.29 is 4.42 Å². The molecule has 0 aliphatic heterocycles. The number of aromatic nitrogens is 1. The van der Waals surface area contributed by atoms with Crippen LogP contribution in [0.15, 0.2) is 53.1 Å². The van der Waals surface area contributed by atoms with Crippen molar-refractivity contribution in [2.45, 2.75) is 20.8 Å². The maximum absolute atomic E-state index is 6.15. The molecule has 0 unspecified atom stereocenters. The molecule has 0 radical (unpaired) electrons. The molecule has 0 aliphatic carbocycles. The summed E-state index contributed by atoms with van der Waals surface area (Å²) in [6, 6.07) is 14.6. The Morgan fingerprint density at radius 3 is 2.45 bits per heavy atom. The van der Waals surface area contributed by atoms with Crippen molar-refractivity contribution in [3.05, 3.63) is 65.4 Å². The van der Waals surface area contributed by atoms with E-state index in [0.717, 1.165) is 33.2 Å². The molecule has 0 saturated heterocycles. The van der Waals surface area contributed by atoms with Gasteiger partial charge < -0.3 is 4.42 Å². The van der Waals surface area contributed by atoms with E-state index in [4.69, 9.17) is 4.42 Å². The SMILES string of the molecule is Cc1cnc(-c2c(C)ccc3c2oc2ccccc23)cc1C. The molecule has 0 fully saturated rings. The highest BCUT2D eigenvalue weighted by Gasteiger charge is 2.15. The van der Waals surface area contributed by atoms with Gasteiger partial charge in [0.15, 0.2) is 0 Å². The fraction of sp³-hybridized carbons (Fsp3) is 0.150. The summed E-state index contributed by atoms with van der Waals surface area (Å²) in [6.07, 6.45) is 1.94. The van der Waals surface area contributed by atoms with Gasteiger partial charge in [-0.2, -0.15) is 0 Å². The Morgan fingerprint density at radius 1 is 0.818 bits per heavy atom. The van der Waals surface area contributed by atoms with Crippen LogP contribution in [-0.2, 0) is 0 Å². The minimum Gasteiger partial charge on any atom is -0.455 e. The molecule has 0 amide bonds. The lowest BCUT2D eigenvalue weighted by atomic mass is 9.99. The van der Waals surface area contributed by atoms with Crippen LogP contribution in [0.1, 0.15) is 16.7 Å². The monoisotopic (exact) mass is 287 g/mol. The van der Waals surface area contributed by atoms with Crippen molar-refractivity contribution in [2.24, 2.45) is 0 Å². The van der Waals surface area contributed by atoms with E-state index in [2.05, 4.69) is 50.0 Å². The van der Waals surface area contributed by atoms with Crippen LogP contribution in [0, 0.1) is 20.8 Å². The number of rotatable bonds is 1. The van der Waals surface area contributed by atoms with Gasteiger partial charge in [0.2, 0.25) is 0 Å². The highest BCUT2D eigenvalue weighted by Crippen LogP contribution is 2.37. The first-order valence-electron chi connectivity index (χ1n) is 7.49. The standard InChI is InChI=1S/C20H17NO/c1-12-8-9-16-15-6-4-5-7-18(15)22-20(16)19(12)17-10-13(2)14(3)11-21-17/h4-11H,1-3H3. The van der Waals surface area contributed by atoms with E-state index in [1.807, 2.05) is 24.4 Å². The van der Waals surface area contributed by atoms with Crippen molar-refractivity contribution in [3.8, 4) is 11.3 Å². The number of fused-ring (bicyclic) bond motifs is 3. The first-order chi connectivity index (χ1) is 10.6. The summed E-state index contributed by atoms with van der Waals surface area (Å²) in [5, 5.41) is 2.30. The van der Waals surface area contributed by atoms with Gasteiger partial charge in [-0.25, -0.2) is 0 Å². The molecule has 22 heavy (non-hydrogen) atoms. The Bertz CT molecular complexity index is 1010. The maximum atomic E-state index is 6.15. The minimum atomic E-state index is 0.924. The second kappa shape index (κ2) is 4.70. The molecule has 4 rings (SSSR count). The predicted molar refractivity (Wildman–Crippen MR) is 91.2 cm³/mol. The third-order valence-electron chi connectivity index (χ3n) is 4.38. The fourth-order valence-corrected chi connectivity index (χ4v) is 2.97. The molecule has 0 bridgehead atoms. The zero-order valence-corrected chi connectivity index (χ0v) is 13.0. The van der Waals surface area contributed by atoms with Crippen LogP contribution in [-0.4, -0.2) is 4.98 Å². The number of furan rings is 1. The summed E-state index contributed by atoms with van der Waals surface area (Å²) < 4.78 is 6.15. The van der Waals surface area contributed by atoms with Crippen LogP contribution in [0.5, 0.6) is 0 Å². The first-order valence-corrected chi connectivity index (χ1v) is 7.49. The van der Waals surface area contributed by atoms with Gasteiger partial charge in [0.25, 0.3) is 0 Å². The van der Waals surface area contributed by atoms with Gasteiger partial charge in [-0.05, 0) is 49.6 Å². The van der Waals surface area contributed by atoms with Crippen LogP contribution in [0.4, 0.5) is 0 Å². The zero-order chi connectivity index (χ0) is 15.3. The Balaban J connectivity index is 2.11. The van der Waals surface area contributed by atoms with Crippen molar-refractivity contribution >= 4 is 21.9 Å². The molecule has 108 valence electrons. The highest BCUT2D eigenvalue weighted by atomic mass is 16.3. The van der Waals surface area contributed by atoms with E-state index in [0.29, 0.717) is 0 Å². The van der Waals surface area contributed by atoms with Gasteiger partial charge in [0, 0.05) is 22.5 Å². The van der Waals surface area contributed by atoms with Gasteiger partial charge >= 0.3 is 0 Å². The van der Waals surface area contributed by atoms with Crippen LogP contribution in [0.2, 0.25) is 0 Å². The summed E-state index contributed by atoms with van der Waals surface area (Å²) in [5.41, 5.74) is 7.56. The second-order valence-electron chi connectivity index (χ2n) is 5.89. The van der Waals surface area contributed by atoms with E-state index in [-0.39, 0.29) is 0 Å². The van der Waals surface area contributed by atoms with E-state index in [1.165, 1.54) is 16.7 Å². The number of benzene rings is 2. The van der Waals surface area contributed by atoms with Crippen molar-refractivity contribution in [2.75, 3.05) is 0 Å². The van der Waals surface area contributed by atoms with Gasteiger partial charge in [-0.3, -0.25) is 4.98 Å². The number of hydrogen-bond acceptors (Lipinski definition) is 2. The summed E-state index contributed by atoms with van der Waals surface area (Å²) in [5.74, 6) is 0. The molecule has 2 heterocycles. The van der Waals surface area contributed by atoms with Crippen molar-refractivity contribution in [3.63, 3.8) is 0 Å². The fourth-order valence-electron chi connectivity index (χ4n) is 2.97. The molecule has 2 heteroatoms. The summed E-state index contributed by atoms with van der Waals surface area (Å²) in [7, 11) is 0. The van der Waals surface area contributed by atoms with Gasteiger partial charge in [-0.1, -0.05) is 30.3 Å². The molecule has 2 aromatic heterocycles. The molecule has 2 nitrogen and oxygen atoms in total. The van der Waals surface area contributed by atoms with Crippen LogP contribution >= 0.6 is 0 Å². The number of aryl methyl sites for hydroxylation is 3. The summed E-state index contributed by atoms with van der Waals surface area (Å²) >= 11 is 0. The summed E-state index contributed by atoms with van der Waals surface area (Å²) in [4.78, 5) is 4.63. The van der Waals surface area contributed by atoms with Crippen molar-refractivity contribution in [1.82, 2.24) is 4.98 Å². The number of hydrogen-bond donors (Lipinski definition) is 0. The molecule has 2 aromatic carbocycles. The predicted octanol–water partition coefficient (Wildman–Crippen LogP) is 5.57. The lowest BCUT2D eigenvalue weighted by Crippen LogP contribution is -1.91. The topological polar surface area (TPSA) is 26.0 Å². The number of pyridine rings is 1. The van der Waals surface area contributed by atoms with Crippen LogP contribution in [0.25, 0.3) is 33.2 Å². The average molecular weight is 287 g/mol. The Labute approximate surface area is 129 Å². The average Bonchev–Trinajstić information content (AvgIpc) is 2.88. The number of para-hydroxylation sites is 1. The molecule has 0 N–H and O–H groups in total.